The van der Waals surface area contributed by atoms with Gasteiger partial charge in [-0.25, -0.2) is 0 Å². The maximum Gasteiger partial charge on any atom is 0.375 e. The smallest absolute Gasteiger partial charge is 0.375 e. The average Bonchev–Trinajstić information content (AvgIpc) is 1.94. The fraction of sp³-hybridized carbons (Fsp3) is 0.500. The zero-order valence-corrected chi connectivity index (χ0v) is 6.26. The van der Waals surface area contributed by atoms with Crippen LogP contribution in [0.2, 0.25) is 6.82 Å². The molecule has 1 heterocycles. The molecule has 0 aromatic carbocycles. The van der Waals surface area contributed by atoms with Crippen LogP contribution < -0.4 is 10.3 Å². The van der Waals surface area contributed by atoms with Crippen molar-refractivity contribution >= 4 is 21.5 Å². The summed E-state index contributed by atoms with van der Waals surface area (Å²) in [5.41, 5.74) is 0. The average molecular weight is 132 g/mol. The third-order valence-corrected chi connectivity index (χ3v) is 1.50. The highest BCUT2D eigenvalue weighted by Gasteiger charge is 2.27. The number of terminal acetylenes is 1. The lowest BCUT2D eigenvalue weighted by atomic mass is 9.56. The highest BCUT2D eigenvalue weighted by atomic mass is 15.1. The molecule has 0 aromatic rings. The summed E-state index contributed by atoms with van der Waals surface area (Å²) in [5, 5.41) is 6.25. The van der Waals surface area contributed by atoms with E-state index in [1.54, 1.807) is 0 Å². The summed E-state index contributed by atoms with van der Waals surface area (Å²) in [7, 11) is 3.81. The summed E-state index contributed by atoms with van der Waals surface area (Å²) in [6.07, 6.45) is 5.25. The van der Waals surface area contributed by atoms with Gasteiger partial charge in [-0.2, -0.15) is 0 Å². The number of hydrogen-bond acceptors (Lipinski definition) is 3. The van der Waals surface area contributed by atoms with Crippen LogP contribution in [0.1, 0.15) is 0 Å². The molecule has 2 N–H and O–H groups in total. The molecule has 1 aliphatic heterocycles. The molecule has 10 heavy (non-hydrogen) atoms. The molecule has 1 saturated heterocycles. The minimum atomic E-state index is 0.0243. The maximum atomic E-state index is 5.25. The first-order chi connectivity index (χ1) is 4.74. The van der Waals surface area contributed by atoms with Crippen LogP contribution in [-0.4, -0.2) is 33.3 Å². The lowest BCUT2D eigenvalue weighted by molar-refractivity contribution is 0.792. The minimum Gasteiger partial charge on any atom is -0.375 e. The van der Waals surface area contributed by atoms with Crippen LogP contribution in [0.15, 0.2) is 0 Å². The van der Waals surface area contributed by atoms with Gasteiger partial charge < -0.3 is 15.0 Å². The number of rotatable bonds is 0. The summed E-state index contributed by atoms with van der Waals surface area (Å²) in [4.78, 5) is 0. The van der Waals surface area contributed by atoms with Gasteiger partial charge >= 0.3 is 6.98 Å². The lowest BCUT2D eigenvalue weighted by Crippen LogP contribution is -2.68. The molecule has 3 nitrogen and oxygen atoms in total. The molecule has 0 aliphatic carbocycles. The van der Waals surface area contributed by atoms with Crippen LogP contribution in [-0.2, 0) is 0 Å². The van der Waals surface area contributed by atoms with Gasteiger partial charge in [0, 0.05) is 0 Å². The van der Waals surface area contributed by atoms with Gasteiger partial charge in [0.15, 0.2) is 0 Å². The van der Waals surface area contributed by atoms with E-state index in [9.17, 15) is 0 Å². The molecule has 0 aromatic heterocycles. The summed E-state index contributed by atoms with van der Waals surface area (Å²) in [5.74, 6) is 2.63. The van der Waals surface area contributed by atoms with Crippen molar-refractivity contribution in [3.05, 3.63) is 0 Å². The van der Waals surface area contributed by atoms with E-state index >= 15 is 0 Å². The first-order valence-electron chi connectivity index (χ1n) is 3.27. The van der Waals surface area contributed by atoms with E-state index in [2.05, 4.69) is 16.1 Å². The Hall–Kier alpha value is -0.365. The molecule has 0 atom stereocenters. The molecule has 0 spiro atoms. The van der Waals surface area contributed by atoms with Crippen LogP contribution in [0.3, 0.4) is 0 Å². The van der Waals surface area contributed by atoms with Gasteiger partial charge in [0.2, 0.25) is 0 Å². The summed E-state index contributed by atoms with van der Waals surface area (Å²) in [6.45, 7) is 2.31. The molecule has 1 rings (SSSR count). The topological polar surface area (TPSA) is 27.3 Å². The predicted octanol–water partition coefficient (Wildman–Crippen LogP) is -1.58. The van der Waals surface area contributed by atoms with Crippen molar-refractivity contribution in [1.29, 1.82) is 0 Å². The third-order valence-electron chi connectivity index (χ3n) is 1.50. The summed E-state index contributed by atoms with van der Waals surface area (Å²) in [6, 6.07) is 0. The molecular formula is C4H9B3N3. The Kier molecular flexibility index (Phi) is 2.44. The molecule has 1 radical (unpaired) electrons. The lowest BCUT2D eigenvalue weighted by Gasteiger charge is -2.29. The number of nitrogens with one attached hydrogen (secondary N) is 2. The van der Waals surface area contributed by atoms with Gasteiger partial charge in [-0.1, -0.05) is 6.82 Å². The SMILES string of the molecule is C#CB1NB(C)N[B]N1C. The third kappa shape index (κ3) is 1.57. The Balaban J connectivity index is 2.47. The Labute approximate surface area is 63.5 Å². The van der Waals surface area contributed by atoms with Crippen LogP contribution in [0, 0.1) is 12.2 Å². The first kappa shape index (κ1) is 7.74. The summed E-state index contributed by atoms with van der Waals surface area (Å²) < 4.78 is 1.92. The van der Waals surface area contributed by atoms with Gasteiger partial charge in [0.25, 0.3) is 14.5 Å². The van der Waals surface area contributed by atoms with E-state index in [1.165, 1.54) is 0 Å². The van der Waals surface area contributed by atoms with Gasteiger partial charge in [-0.05, 0) is 7.05 Å². The van der Waals surface area contributed by atoms with Crippen molar-refractivity contribution in [3.8, 4) is 12.2 Å². The maximum absolute atomic E-state index is 5.25. The van der Waals surface area contributed by atoms with Crippen molar-refractivity contribution in [2.75, 3.05) is 7.05 Å². The zero-order valence-electron chi connectivity index (χ0n) is 6.26. The monoisotopic (exact) mass is 132 g/mol. The van der Waals surface area contributed by atoms with E-state index in [-0.39, 0.29) is 14.0 Å². The Morgan fingerprint density at radius 3 is 2.90 bits per heavy atom. The van der Waals surface area contributed by atoms with Crippen molar-refractivity contribution in [2.45, 2.75) is 6.82 Å². The molecular weight excluding hydrogens is 123 g/mol. The van der Waals surface area contributed by atoms with Gasteiger partial charge in [0.05, 0.1) is 0 Å². The van der Waals surface area contributed by atoms with Crippen molar-refractivity contribution in [1.82, 2.24) is 15.0 Å². The van der Waals surface area contributed by atoms with Gasteiger partial charge in [0.1, 0.15) is 0 Å². The van der Waals surface area contributed by atoms with E-state index < -0.39 is 0 Å². The number of hydrogen-bond donors (Lipinski definition) is 2. The quantitative estimate of drug-likeness (QED) is 0.307. The molecule has 6 heteroatoms. The highest BCUT2D eigenvalue weighted by Crippen LogP contribution is 1.88. The van der Waals surface area contributed by atoms with Crippen LogP contribution in [0.4, 0.5) is 0 Å². The molecule has 1 aliphatic rings. The second kappa shape index (κ2) is 3.15. The Bertz CT molecular complexity index is 156. The van der Waals surface area contributed by atoms with Crippen LogP contribution >= 0.6 is 0 Å². The predicted molar refractivity (Wildman–Crippen MR) is 46.0 cm³/mol. The second-order valence-corrected chi connectivity index (χ2v) is 2.42. The van der Waals surface area contributed by atoms with Crippen molar-refractivity contribution < 1.29 is 0 Å². The Morgan fingerprint density at radius 1 is 1.70 bits per heavy atom. The molecule has 0 saturated carbocycles. The van der Waals surface area contributed by atoms with Crippen molar-refractivity contribution in [2.24, 2.45) is 0 Å². The standard InChI is InChI=1S/C4H9B3N3/c1-4-7-9-6(2)8-5-10(7)3/h1,8-9H,2-3H3. The fourth-order valence-corrected chi connectivity index (χ4v) is 0.872. The van der Waals surface area contributed by atoms with Gasteiger partial charge in [-0.3, -0.25) is 0 Å². The van der Waals surface area contributed by atoms with E-state index in [1.807, 2.05) is 26.1 Å². The highest BCUT2D eigenvalue weighted by molar-refractivity contribution is 6.84. The normalized spacial score (nSPS) is 20.1. The molecule has 49 valence electrons. The van der Waals surface area contributed by atoms with Crippen molar-refractivity contribution in [3.63, 3.8) is 0 Å². The van der Waals surface area contributed by atoms with E-state index in [0.717, 1.165) is 0 Å². The van der Waals surface area contributed by atoms with E-state index in [0.29, 0.717) is 0 Å². The van der Waals surface area contributed by atoms with Gasteiger partial charge in [-0.15, -0.1) is 12.2 Å². The zero-order chi connectivity index (χ0) is 7.56. The molecule has 0 unspecified atom stereocenters. The van der Waals surface area contributed by atoms with E-state index in [4.69, 9.17) is 6.42 Å². The number of nitrogens with zero attached hydrogens (tertiary/aromatic N) is 1. The Morgan fingerprint density at radius 2 is 2.40 bits per heavy atom. The minimum absolute atomic E-state index is 0.0243. The molecule has 1 fully saturated rings. The largest absolute Gasteiger partial charge is 0.375 e. The summed E-state index contributed by atoms with van der Waals surface area (Å²) >= 11 is 0. The second-order valence-electron chi connectivity index (χ2n) is 2.42. The molecule has 0 bridgehead atoms. The van der Waals surface area contributed by atoms with Crippen LogP contribution in [0.25, 0.3) is 0 Å². The van der Waals surface area contributed by atoms with Crippen LogP contribution in [0.5, 0.6) is 0 Å². The first-order valence-corrected chi connectivity index (χ1v) is 3.27. The fourth-order valence-electron chi connectivity index (χ4n) is 0.872. The molecule has 0 amide bonds.